The number of benzene rings is 1. The van der Waals surface area contributed by atoms with E-state index in [1.807, 2.05) is 5.92 Å². The van der Waals surface area contributed by atoms with Crippen molar-refractivity contribution >= 4 is 11.6 Å². The molecule has 0 aliphatic rings. The third-order valence-electron chi connectivity index (χ3n) is 1.55. The second kappa shape index (κ2) is 4.35. The van der Waals surface area contributed by atoms with Crippen molar-refractivity contribution < 1.29 is 18.5 Å². The molecule has 0 fully saturated rings. The van der Waals surface area contributed by atoms with Gasteiger partial charge in [-0.1, -0.05) is 5.92 Å². The molecule has 0 aromatic heterocycles. The van der Waals surface area contributed by atoms with E-state index >= 15 is 0 Å². The zero-order valence-corrected chi connectivity index (χ0v) is 7.66. The summed E-state index contributed by atoms with van der Waals surface area (Å²) in [6.45, 7) is 0. The molecule has 0 heterocycles. The van der Waals surface area contributed by atoms with E-state index < -0.39 is 33.7 Å². The van der Waals surface area contributed by atoms with Gasteiger partial charge in [0.25, 0.3) is 5.91 Å². The summed E-state index contributed by atoms with van der Waals surface area (Å²) in [5.74, 6) is 0.401. The summed E-state index contributed by atoms with van der Waals surface area (Å²) >= 11 is 0. The summed E-state index contributed by atoms with van der Waals surface area (Å²) in [5, 5.41) is 10.2. The van der Waals surface area contributed by atoms with Gasteiger partial charge >= 0.3 is 5.69 Å². The van der Waals surface area contributed by atoms with E-state index in [1.165, 1.54) is 0 Å². The molecular weight excluding hydrogens is 222 g/mol. The first-order valence-electron chi connectivity index (χ1n) is 3.86. The van der Waals surface area contributed by atoms with E-state index in [1.54, 1.807) is 5.92 Å². The number of rotatable bonds is 1. The number of hydrogen-bond acceptors (Lipinski definition) is 3. The maximum atomic E-state index is 13.1. The number of nitro groups is 1. The van der Waals surface area contributed by atoms with Gasteiger partial charge in [-0.3, -0.25) is 14.9 Å². The van der Waals surface area contributed by atoms with Gasteiger partial charge in [0, 0.05) is 5.92 Å². The van der Waals surface area contributed by atoms with Crippen molar-refractivity contribution in [2.45, 2.75) is 0 Å². The van der Waals surface area contributed by atoms with Crippen LogP contribution < -0.4 is 5.73 Å². The number of hydrogen-bond donors (Lipinski definition) is 1. The number of amides is 1. The molecule has 0 atom stereocenters. The molecule has 0 unspecified atom stereocenters. The molecule has 7 heteroatoms. The Labute approximate surface area is 88.0 Å². The van der Waals surface area contributed by atoms with E-state index in [4.69, 9.17) is 0 Å². The summed E-state index contributed by atoms with van der Waals surface area (Å²) in [6.07, 6.45) is 0. The Morgan fingerprint density at radius 2 is 2.00 bits per heavy atom. The second-order valence-corrected chi connectivity index (χ2v) is 2.65. The van der Waals surface area contributed by atoms with Crippen molar-refractivity contribution in [1.82, 2.24) is 0 Å². The lowest BCUT2D eigenvalue weighted by atomic mass is 10.2. The third kappa shape index (κ3) is 2.51. The Kier molecular flexibility index (Phi) is 3.15. The van der Waals surface area contributed by atoms with E-state index in [0.717, 1.165) is 0 Å². The highest BCUT2D eigenvalue weighted by Crippen LogP contribution is 2.20. The summed E-state index contributed by atoms with van der Waals surface area (Å²) in [5.41, 5.74) is 3.20. The Hall–Kier alpha value is -2.49. The fourth-order valence-corrected chi connectivity index (χ4v) is 0.901. The Bertz CT molecular complexity index is 532. The number of nitrogens with two attached hydrogens (primary N) is 1. The van der Waals surface area contributed by atoms with E-state index in [2.05, 4.69) is 5.73 Å². The number of nitro benzene ring substituents is 1. The molecule has 0 spiro atoms. The molecule has 0 aliphatic carbocycles. The zero-order chi connectivity index (χ0) is 12.3. The van der Waals surface area contributed by atoms with Gasteiger partial charge in [0.05, 0.1) is 16.6 Å². The van der Waals surface area contributed by atoms with Crippen molar-refractivity contribution in [2.24, 2.45) is 5.73 Å². The van der Waals surface area contributed by atoms with E-state index in [9.17, 15) is 23.7 Å². The van der Waals surface area contributed by atoms with Crippen LogP contribution in [0.2, 0.25) is 0 Å². The molecule has 0 saturated carbocycles. The normalized spacial score (nSPS) is 9.12. The molecule has 0 aliphatic heterocycles. The standard InChI is InChI=1S/C9H4F2N2O3/c10-6-4-8(13(15)16)7(11)3-5(6)1-2-9(12)14/h3-4H,(H2,12,14). The van der Waals surface area contributed by atoms with Gasteiger partial charge in [0.1, 0.15) is 5.82 Å². The van der Waals surface area contributed by atoms with E-state index in [0.29, 0.717) is 12.1 Å². The van der Waals surface area contributed by atoms with Crippen molar-refractivity contribution in [3.63, 3.8) is 0 Å². The van der Waals surface area contributed by atoms with Crippen molar-refractivity contribution in [3.8, 4) is 11.8 Å². The van der Waals surface area contributed by atoms with Crippen LogP contribution in [-0.4, -0.2) is 10.8 Å². The van der Waals surface area contributed by atoms with E-state index in [-0.39, 0.29) is 0 Å². The van der Waals surface area contributed by atoms with Gasteiger partial charge in [-0.25, -0.2) is 4.39 Å². The zero-order valence-electron chi connectivity index (χ0n) is 7.66. The quantitative estimate of drug-likeness (QED) is 0.434. The van der Waals surface area contributed by atoms with Crippen LogP contribution in [0.25, 0.3) is 0 Å². The minimum atomic E-state index is -1.24. The molecule has 0 radical (unpaired) electrons. The molecule has 1 aromatic carbocycles. The number of primary amides is 1. The largest absolute Gasteiger partial charge is 0.359 e. The highest BCUT2D eigenvalue weighted by atomic mass is 19.1. The van der Waals surface area contributed by atoms with Gasteiger partial charge in [-0.2, -0.15) is 4.39 Å². The lowest BCUT2D eigenvalue weighted by Crippen LogP contribution is -2.06. The SMILES string of the molecule is NC(=O)C#Cc1cc(F)c([N+](=O)[O-])cc1F. The average molecular weight is 226 g/mol. The molecule has 1 rings (SSSR count). The van der Waals surface area contributed by atoms with Crippen LogP contribution in [0.3, 0.4) is 0 Å². The van der Waals surface area contributed by atoms with Crippen LogP contribution in [0.1, 0.15) is 5.56 Å². The van der Waals surface area contributed by atoms with Gasteiger partial charge in [0.15, 0.2) is 0 Å². The number of halogens is 2. The minimum absolute atomic E-state index is 0.389. The lowest BCUT2D eigenvalue weighted by Gasteiger charge is -1.96. The van der Waals surface area contributed by atoms with Crippen LogP contribution in [0.5, 0.6) is 0 Å². The molecule has 5 nitrogen and oxygen atoms in total. The molecule has 16 heavy (non-hydrogen) atoms. The second-order valence-electron chi connectivity index (χ2n) is 2.65. The van der Waals surface area contributed by atoms with Gasteiger partial charge in [-0.05, 0) is 6.07 Å². The molecule has 2 N–H and O–H groups in total. The predicted octanol–water partition coefficient (Wildman–Crippen LogP) is 0.710. The fraction of sp³-hybridized carbons (Fsp3) is 0. The van der Waals surface area contributed by atoms with Crippen LogP contribution in [-0.2, 0) is 4.79 Å². The molecular formula is C9H4F2N2O3. The Morgan fingerprint density at radius 1 is 1.38 bits per heavy atom. The van der Waals surface area contributed by atoms with Gasteiger partial charge in [0.2, 0.25) is 5.82 Å². The first-order valence-corrected chi connectivity index (χ1v) is 3.86. The van der Waals surface area contributed by atoms with Crippen molar-refractivity contribution in [2.75, 3.05) is 0 Å². The van der Waals surface area contributed by atoms with Gasteiger partial charge < -0.3 is 5.73 Å². The Balaban J connectivity index is 3.27. The first kappa shape index (κ1) is 11.6. The fourth-order valence-electron chi connectivity index (χ4n) is 0.901. The summed E-state index contributed by atoms with van der Waals surface area (Å²) in [4.78, 5) is 19.4. The highest BCUT2D eigenvalue weighted by Gasteiger charge is 2.17. The number of carbonyl (C=O) groups is 1. The minimum Gasteiger partial charge on any atom is -0.359 e. The molecule has 1 amide bonds. The third-order valence-corrected chi connectivity index (χ3v) is 1.55. The maximum absolute atomic E-state index is 13.1. The van der Waals surface area contributed by atoms with Crippen LogP contribution >= 0.6 is 0 Å². The molecule has 1 aromatic rings. The first-order chi connectivity index (χ1) is 7.41. The van der Waals surface area contributed by atoms with Crippen molar-refractivity contribution in [1.29, 1.82) is 0 Å². The monoisotopic (exact) mass is 226 g/mol. The molecule has 0 bridgehead atoms. The summed E-state index contributed by atoms with van der Waals surface area (Å²) in [7, 11) is 0. The van der Waals surface area contributed by atoms with Crippen molar-refractivity contribution in [3.05, 3.63) is 39.4 Å². The average Bonchev–Trinajstić information content (AvgIpc) is 2.18. The number of nitrogens with zero attached hydrogens (tertiary/aromatic N) is 1. The number of carbonyl (C=O) groups excluding carboxylic acids is 1. The maximum Gasteiger partial charge on any atom is 0.307 e. The highest BCUT2D eigenvalue weighted by molar-refractivity contribution is 5.92. The van der Waals surface area contributed by atoms with Gasteiger partial charge in [-0.15, -0.1) is 0 Å². The van der Waals surface area contributed by atoms with Crippen LogP contribution in [0.15, 0.2) is 12.1 Å². The Morgan fingerprint density at radius 3 is 2.50 bits per heavy atom. The predicted molar refractivity (Wildman–Crippen MR) is 49.1 cm³/mol. The summed E-state index contributed by atoms with van der Waals surface area (Å²) in [6, 6.07) is 0.920. The lowest BCUT2D eigenvalue weighted by molar-refractivity contribution is -0.387. The van der Waals surface area contributed by atoms with Crippen LogP contribution in [0.4, 0.5) is 14.5 Å². The summed E-state index contributed by atoms with van der Waals surface area (Å²) < 4.78 is 26.1. The molecule has 0 saturated heterocycles. The van der Waals surface area contributed by atoms with Crippen LogP contribution in [0, 0.1) is 33.6 Å². The topological polar surface area (TPSA) is 86.2 Å². The smallest absolute Gasteiger partial charge is 0.307 e. The molecule has 82 valence electrons.